The summed E-state index contributed by atoms with van der Waals surface area (Å²) in [5.41, 5.74) is 2.65. The Morgan fingerprint density at radius 3 is 2.60 bits per heavy atom. The summed E-state index contributed by atoms with van der Waals surface area (Å²) in [5.74, 6) is 0. The highest BCUT2D eigenvalue weighted by Gasteiger charge is 2.42. The minimum Gasteiger partial charge on any atom is -0.465 e. The number of carbonyl (C=O) groups is 1. The van der Waals surface area contributed by atoms with Crippen molar-refractivity contribution in [2.45, 2.75) is 43.8 Å². The fourth-order valence-corrected chi connectivity index (χ4v) is 5.24. The molecule has 2 bridgehead atoms. The van der Waals surface area contributed by atoms with Crippen molar-refractivity contribution in [2.24, 2.45) is 0 Å². The molecule has 2 saturated heterocycles. The lowest BCUT2D eigenvalue weighted by atomic mass is 9.95. The fraction of sp³-hybridized carbons (Fsp3) is 0.421. The number of rotatable bonds is 3. The molecule has 132 valence electrons. The molecule has 1 N–H and O–H groups in total. The number of carboxylic acid groups (broad SMARTS) is 1. The number of hydrogen-bond acceptors (Lipinski definition) is 3. The predicted molar refractivity (Wildman–Crippen MR) is 103 cm³/mol. The van der Waals surface area contributed by atoms with Crippen LogP contribution in [0.15, 0.2) is 35.0 Å². The van der Waals surface area contributed by atoms with Gasteiger partial charge in [-0.3, -0.25) is 4.90 Å². The first-order valence-electron chi connectivity index (χ1n) is 8.61. The van der Waals surface area contributed by atoms with E-state index in [1.807, 2.05) is 29.0 Å². The lowest BCUT2D eigenvalue weighted by Crippen LogP contribution is -2.50. The predicted octanol–water partition coefficient (Wildman–Crippen LogP) is 5.18. The lowest BCUT2D eigenvalue weighted by Gasteiger charge is -2.41. The second-order valence-corrected chi connectivity index (χ2v) is 8.22. The third-order valence-electron chi connectivity index (χ3n) is 5.69. The van der Waals surface area contributed by atoms with Gasteiger partial charge in [-0.25, -0.2) is 4.79 Å². The molecule has 2 aliphatic rings. The number of anilines is 1. The van der Waals surface area contributed by atoms with Crippen LogP contribution in [0.1, 0.15) is 25.7 Å². The fourth-order valence-electron chi connectivity index (χ4n) is 4.42. The second-order valence-electron chi connectivity index (χ2n) is 7.00. The Hall–Kier alpha value is -1.56. The zero-order valence-electron chi connectivity index (χ0n) is 14.1. The maximum atomic E-state index is 12.2. The number of nitrogens with zero attached hydrogens (tertiary/aromatic N) is 2. The highest BCUT2D eigenvalue weighted by Crippen LogP contribution is 2.41. The van der Waals surface area contributed by atoms with Gasteiger partial charge in [-0.15, -0.1) is 0 Å². The molecule has 1 aromatic carbocycles. The van der Waals surface area contributed by atoms with Crippen LogP contribution >= 0.6 is 22.9 Å². The molecule has 2 fully saturated rings. The molecule has 0 aliphatic carbocycles. The molecule has 4 nitrogen and oxygen atoms in total. The van der Waals surface area contributed by atoms with Crippen molar-refractivity contribution < 1.29 is 9.90 Å². The van der Waals surface area contributed by atoms with E-state index in [0.29, 0.717) is 17.1 Å². The third kappa shape index (κ3) is 3.05. The van der Waals surface area contributed by atoms with Gasteiger partial charge in [0.25, 0.3) is 0 Å². The van der Waals surface area contributed by atoms with Crippen molar-refractivity contribution in [3.05, 3.63) is 40.0 Å². The molecule has 0 radical (unpaired) electrons. The van der Waals surface area contributed by atoms with Gasteiger partial charge in [0, 0.05) is 28.7 Å². The van der Waals surface area contributed by atoms with Gasteiger partial charge in [0.1, 0.15) is 0 Å². The van der Waals surface area contributed by atoms with Crippen LogP contribution in [0.4, 0.5) is 10.5 Å². The van der Waals surface area contributed by atoms with Crippen molar-refractivity contribution in [3.63, 3.8) is 0 Å². The summed E-state index contributed by atoms with van der Waals surface area (Å²) in [4.78, 5) is 16.2. The summed E-state index contributed by atoms with van der Waals surface area (Å²) in [6.07, 6.45) is 3.25. The van der Waals surface area contributed by atoms with E-state index < -0.39 is 6.09 Å². The standard InChI is InChI=1S/C19H21ClN2O2S/c1-21-14-3-4-15(21)10-16(9-14)22(19(23)24)18-5-2-13(20)8-17(18)12-6-7-25-11-12/h2,5-8,11,14-16H,3-4,9-10H2,1H3,(H,23,24)/t14-,15+,16?. The summed E-state index contributed by atoms with van der Waals surface area (Å²) in [6.45, 7) is 0. The van der Waals surface area contributed by atoms with Gasteiger partial charge in [0.05, 0.1) is 5.69 Å². The number of piperidine rings is 1. The second kappa shape index (κ2) is 6.63. The first kappa shape index (κ1) is 16.9. The molecule has 3 atom stereocenters. The van der Waals surface area contributed by atoms with Gasteiger partial charge in [0.15, 0.2) is 0 Å². The zero-order chi connectivity index (χ0) is 17.6. The van der Waals surface area contributed by atoms with Crippen LogP contribution in [0.2, 0.25) is 5.02 Å². The van der Waals surface area contributed by atoms with Crippen LogP contribution in [-0.4, -0.2) is 41.3 Å². The van der Waals surface area contributed by atoms with Gasteiger partial charge < -0.3 is 10.0 Å². The molecule has 2 aliphatic heterocycles. The van der Waals surface area contributed by atoms with Crippen LogP contribution in [0.3, 0.4) is 0 Å². The lowest BCUT2D eigenvalue weighted by molar-refractivity contribution is 0.151. The van der Waals surface area contributed by atoms with E-state index in [1.54, 1.807) is 22.3 Å². The normalized spacial score (nSPS) is 25.9. The van der Waals surface area contributed by atoms with E-state index in [9.17, 15) is 9.90 Å². The van der Waals surface area contributed by atoms with Gasteiger partial charge in [0.2, 0.25) is 0 Å². The summed E-state index contributed by atoms with van der Waals surface area (Å²) in [5, 5.41) is 14.7. The largest absolute Gasteiger partial charge is 0.465 e. The summed E-state index contributed by atoms with van der Waals surface area (Å²) in [6, 6.07) is 8.52. The number of amides is 1. The minimum atomic E-state index is -0.882. The zero-order valence-corrected chi connectivity index (χ0v) is 15.6. The van der Waals surface area contributed by atoms with Gasteiger partial charge in [-0.1, -0.05) is 11.6 Å². The summed E-state index contributed by atoms with van der Waals surface area (Å²) in [7, 11) is 2.17. The molecule has 0 saturated carbocycles. The molecule has 4 rings (SSSR count). The van der Waals surface area contributed by atoms with E-state index in [0.717, 1.165) is 29.7 Å². The van der Waals surface area contributed by atoms with Crippen molar-refractivity contribution in [1.82, 2.24) is 4.90 Å². The number of thiophene rings is 1. The van der Waals surface area contributed by atoms with Crippen LogP contribution < -0.4 is 4.90 Å². The van der Waals surface area contributed by atoms with Gasteiger partial charge >= 0.3 is 6.09 Å². The maximum absolute atomic E-state index is 12.2. The van der Waals surface area contributed by atoms with Crippen molar-refractivity contribution >= 4 is 34.7 Å². The number of hydrogen-bond donors (Lipinski definition) is 1. The maximum Gasteiger partial charge on any atom is 0.412 e. The molecule has 1 unspecified atom stereocenters. The SMILES string of the molecule is CN1[C@@H]2CC[C@H]1CC(N(C(=O)O)c1ccc(Cl)cc1-c1ccsc1)C2. The first-order valence-corrected chi connectivity index (χ1v) is 9.93. The Morgan fingerprint density at radius 2 is 2.00 bits per heavy atom. The van der Waals surface area contributed by atoms with Crippen LogP contribution in [0, 0.1) is 0 Å². The molecule has 3 heterocycles. The number of benzene rings is 1. The smallest absolute Gasteiger partial charge is 0.412 e. The Morgan fingerprint density at radius 1 is 1.28 bits per heavy atom. The van der Waals surface area contributed by atoms with Crippen molar-refractivity contribution in [2.75, 3.05) is 11.9 Å². The Kier molecular flexibility index (Phi) is 4.48. The molecule has 1 amide bonds. The molecule has 25 heavy (non-hydrogen) atoms. The minimum absolute atomic E-state index is 0.0183. The third-order valence-corrected chi connectivity index (χ3v) is 6.61. The van der Waals surface area contributed by atoms with E-state index in [1.165, 1.54) is 12.8 Å². The topological polar surface area (TPSA) is 43.8 Å². The van der Waals surface area contributed by atoms with Crippen molar-refractivity contribution in [3.8, 4) is 11.1 Å². The molecular formula is C19H21ClN2O2S. The summed E-state index contributed by atoms with van der Waals surface area (Å²) < 4.78 is 0. The Bertz CT molecular complexity index is 766. The van der Waals surface area contributed by atoms with E-state index >= 15 is 0 Å². The van der Waals surface area contributed by atoms with Crippen LogP contribution in [-0.2, 0) is 0 Å². The summed E-state index contributed by atoms with van der Waals surface area (Å²) >= 11 is 7.81. The molecule has 1 aromatic heterocycles. The highest BCUT2D eigenvalue weighted by atomic mass is 35.5. The monoisotopic (exact) mass is 376 g/mol. The van der Waals surface area contributed by atoms with Crippen molar-refractivity contribution in [1.29, 1.82) is 0 Å². The van der Waals surface area contributed by atoms with E-state index in [-0.39, 0.29) is 6.04 Å². The molecule has 0 spiro atoms. The quantitative estimate of drug-likeness (QED) is 0.802. The average Bonchev–Trinajstić information content (AvgIpc) is 3.16. The van der Waals surface area contributed by atoms with Crippen LogP contribution in [0.5, 0.6) is 0 Å². The molecule has 6 heteroatoms. The number of halogens is 1. The van der Waals surface area contributed by atoms with Crippen LogP contribution in [0.25, 0.3) is 11.1 Å². The van der Waals surface area contributed by atoms with E-state index in [2.05, 4.69) is 11.9 Å². The molecule has 2 aromatic rings. The Balaban J connectivity index is 1.74. The van der Waals surface area contributed by atoms with Gasteiger partial charge in [-0.2, -0.15) is 11.3 Å². The average molecular weight is 377 g/mol. The number of fused-ring (bicyclic) bond motifs is 2. The highest BCUT2D eigenvalue weighted by molar-refractivity contribution is 7.08. The first-order chi connectivity index (χ1) is 12.0. The molecular weight excluding hydrogens is 356 g/mol. The van der Waals surface area contributed by atoms with Gasteiger partial charge in [-0.05, 0) is 73.3 Å². The Labute approximate surface area is 156 Å². The van der Waals surface area contributed by atoms with E-state index in [4.69, 9.17) is 11.6 Å².